The molecule has 6 heteroatoms. The van der Waals surface area contributed by atoms with Gasteiger partial charge in [0.1, 0.15) is 11.2 Å². The number of pyridine rings is 1. The summed E-state index contributed by atoms with van der Waals surface area (Å²) in [4.78, 5) is 30.8. The van der Waals surface area contributed by atoms with Crippen molar-refractivity contribution in [3.8, 4) is 0 Å². The van der Waals surface area contributed by atoms with Crippen LogP contribution in [0.3, 0.4) is 0 Å². The molecule has 3 heterocycles. The number of aromatic nitrogens is 2. The Morgan fingerprint density at radius 1 is 1.29 bits per heavy atom. The maximum absolute atomic E-state index is 12.6. The minimum atomic E-state index is -0.336. The number of hydrogen-bond acceptors (Lipinski definition) is 4. The molecule has 0 aliphatic carbocycles. The second-order valence-corrected chi connectivity index (χ2v) is 5.37. The predicted molar refractivity (Wildman–Crippen MR) is 77.4 cm³/mol. The first-order valence-electron chi connectivity index (χ1n) is 6.97. The number of amides is 1. The predicted octanol–water partition coefficient (Wildman–Crippen LogP) is 0.944. The molecule has 110 valence electrons. The van der Waals surface area contributed by atoms with Crippen molar-refractivity contribution >= 4 is 11.6 Å². The van der Waals surface area contributed by atoms with E-state index in [9.17, 15) is 9.59 Å². The van der Waals surface area contributed by atoms with Crippen molar-refractivity contribution in [2.45, 2.75) is 26.1 Å². The number of carbonyl (C=O) groups excluding carboxylic acids is 1. The SMILES string of the molecule is C[C@@H]1CN(C(=O)c2cnc3ccccn3c2=O)C[C@H](C)O1. The topological polar surface area (TPSA) is 63.9 Å². The highest BCUT2D eigenvalue weighted by atomic mass is 16.5. The molecule has 0 spiro atoms. The molecule has 0 unspecified atom stereocenters. The summed E-state index contributed by atoms with van der Waals surface area (Å²) in [6.45, 7) is 4.81. The minimum Gasteiger partial charge on any atom is -0.372 e. The first-order chi connectivity index (χ1) is 10.1. The minimum absolute atomic E-state index is 0.0335. The molecule has 2 aromatic rings. The van der Waals surface area contributed by atoms with Crippen LogP contribution in [0.5, 0.6) is 0 Å². The van der Waals surface area contributed by atoms with Gasteiger partial charge in [-0.2, -0.15) is 0 Å². The molecule has 0 saturated carbocycles. The van der Waals surface area contributed by atoms with Crippen LogP contribution < -0.4 is 5.56 Å². The quantitative estimate of drug-likeness (QED) is 0.783. The van der Waals surface area contributed by atoms with Crippen molar-refractivity contribution in [2.75, 3.05) is 13.1 Å². The number of ether oxygens (including phenoxy) is 1. The first-order valence-corrected chi connectivity index (χ1v) is 6.97. The van der Waals surface area contributed by atoms with Gasteiger partial charge in [0.15, 0.2) is 0 Å². The molecule has 0 N–H and O–H groups in total. The summed E-state index contributed by atoms with van der Waals surface area (Å²) in [5.74, 6) is -0.284. The zero-order valence-electron chi connectivity index (χ0n) is 12.0. The third kappa shape index (κ3) is 2.54. The molecule has 6 nitrogen and oxygen atoms in total. The summed E-state index contributed by atoms with van der Waals surface area (Å²) in [5, 5.41) is 0. The summed E-state index contributed by atoms with van der Waals surface area (Å²) < 4.78 is 7.00. The van der Waals surface area contributed by atoms with E-state index in [4.69, 9.17) is 4.74 Å². The van der Waals surface area contributed by atoms with E-state index in [1.165, 1.54) is 10.6 Å². The van der Waals surface area contributed by atoms with E-state index in [-0.39, 0.29) is 29.2 Å². The fraction of sp³-hybridized carbons (Fsp3) is 0.400. The van der Waals surface area contributed by atoms with Crippen molar-refractivity contribution in [1.82, 2.24) is 14.3 Å². The van der Waals surface area contributed by atoms with E-state index in [0.717, 1.165) is 0 Å². The molecule has 21 heavy (non-hydrogen) atoms. The van der Waals surface area contributed by atoms with Gasteiger partial charge in [0.05, 0.1) is 12.2 Å². The lowest BCUT2D eigenvalue weighted by atomic mass is 10.2. The highest BCUT2D eigenvalue weighted by Gasteiger charge is 2.28. The van der Waals surface area contributed by atoms with Crippen molar-refractivity contribution in [2.24, 2.45) is 0 Å². The van der Waals surface area contributed by atoms with Crippen LogP contribution in [0.4, 0.5) is 0 Å². The van der Waals surface area contributed by atoms with Crippen LogP contribution in [0.2, 0.25) is 0 Å². The maximum Gasteiger partial charge on any atom is 0.270 e. The zero-order chi connectivity index (χ0) is 15.0. The number of carbonyl (C=O) groups is 1. The Bertz CT molecular complexity index is 730. The van der Waals surface area contributed by atoms with E-state index in [1.807, 2.05) is 13.8 Å². The van der Waals surface area contributed by atoms with E-state index in [1.54, 1.807) is 29.3 Å². The monoisotopic (exact) mass is 287 g/mol. The molecule has 1 saturated heterocycles. The third-order valence-corrected chi connectivity index (χ3v) is 3.55. The number of nitrogens with zero attached hydrogens (tertiary/aromatic N) is 3. The van der Waals surface area contributed by atoms with Crippen LogP contribution in [0.25, 0.3) is 5.65 Å². The molecule has 2 atom stereocenters. The second-order valence-electron chi connectivity index (χ2n) is 5.37. The average molecular weight is 287 g/mol. The largest absolute Gasteiger partial charge is 0.372 e. The van der Waals surface area contributed by atoms with Gasteiger partial charge in [0, 0.05) is 25.5 Å². The average Bonchev–Trinajstić information content (AvgIpc) is 2.46. The normalized spacial score (nSPS) is 22.5. The van der Waals surface area contributed by atoms with Crippen molar-refractivity contribution in [3.05, 3.63) is 46.5 Å². The molecule has 2 aromatic heterocycles. The van der Waals surface area contributed by atoms with E-state index in [2.05, 4.69) is 4.98 Å². The standard InChI is InChI=1S/C15H17N3O3/c1-10-8-17(9-11(2)21-10)14(19)12-7-16-13-5-3-4-6-18(13)15(12)20/h3-7,10-11H,8-9H2,1-2H3/t10-,11+. The summed E-state index contributed by atoms with van der Waals surface area (Å²) in [6, 6.07) is 5.27. The molecular formula is C15H17N3O3. The smallest absolute Gasteiger partial charge is 0.270 e. The van der Waals surface area contributed by atoms with E-state index >= 15 is 0 Å². The van der Waals surface area contributed by atoms with Gasteiger partial charge < -0.3 is 9.64 Å². The van der Waals surface area contributed by atoms with Gasteiger partial charge in [-0.15, -0.1) is 0 Å². The van der Waals surface area contributed by atoms with Crippen LogP contribution >= 0.6 is 0 Å². The summed E-state index contributed by atoms with van der Waals surface area (Å²) in [6.07, 6.45) is 2.92. The molecule has 3 rings (SSSR count). The molecule has 0 bridgehead atoms. The Kier molecular flexibility index (Phi) is 3.47. The van der Waals surface area contributed by atoms with Crippen LogP contribution in [-0.4, -0.2) is 45.5 Å². The lowest BCUT2D eigenvalue weighted by molar-refractivity contribution is -0.0586. The van der Waals surface area contributed by atoms with Gasteiger partial charge in [-0.25, -0.2) is 4.98 Å². The van der Waals surface area contributed by atoms with Gasteiger partial charge in [0.25, 0.3) is 11.5 Å². The Hall–Kier alpha value is -2.21. The van der Waals surface area contributed by atoms with Gasteiger partial charge in [-0.3, -0.25) is 14.0 Å². The third-order valence-electron chi connectivity index (χ3n) is 3.55. The number of morpholine rings is 1. The van der Waals surface area contributed by atoms with Crippen molar-refractivity contribution < 1.29 is 9.53 Å². The molecule has 1 amide bonds. The summed E-state index contributed by atoms with van der Waals surface area (Å²) in [7, 11) is 0. The zero-order valence-corrected chi connectivity index (χ0v) is 12.0. The van der Waals surface area contributed by atoms with Crippen molar-refractivity contribution in [1.29, 1.82) is 0 Å². The molecule has 1 aliphatic rings. The highest BCUT2D eigenvalue weighted by molar-refractivity contribution is 5.93. The lowest BCUT2D eigenvalue weighted by Crippen LogP contribution is -2.49. The van der Waals surface area contributed by atoms with Gasteiger partial charge in [0.2, 0.25) is 0 Å². The Labute approximate surface area is 122 Å². The first kappa shape index (κ1) is 13.8. The fourth-order valence-corrected chi connectivity index (χ4v) is 2.69. The molecular weight excluding hydrogens is 270 g/mol. The fourth-order valence-electron chi connectivity index (χ4n) is 2.69. The maximum atomic E-state index is 12.6. The molecule has 1 aliphatic heterocycles. The van der Waals surface area contributed by atoms with E-state index in [0.29, 0.717) is 18.7 Å². The van der Waals surface area contributed by atoms with Crippen LogP contribution in [0, 0.1) is 0 Å². The number of rotatable bonds is 1. The van der Waals surface area contributed by atoms with Crippen molar-refractivity contribution in [3.63, 3.8) is 0 Å². The Morgan fingerprint density at radius 2 is 2.00 bits per heavy atom. The Morgan fingerprint density at radius 3 is 2.71 bits per heavy atom. The van der Waals surface area contributed by atoms with Crippen LogP contribution in [0.1, 0.15) is 24.2 Å². The van der Waals surface area contributed by atoms with Gasteiger partial charge in [-0.05, 0) is 26.0 Å². The molecule has 0 radical (unpaired) electrons. The van der Waals surface area contributed by atoms with Gasteiger partial charge >= 0.3 is 0 Å². The van der Waals surface area contributed by atoms with Crippen LogP contribution in [0.15, 0.2) is 35.4 Å². The van der Waals surface area contributed by atoms with Crippen LogP contribution in [-0.2, 0) is 4.74 Å². The second kappa shape index (κ2) is 5.29. The van der Waals surface area contributed by atoms with E-state index < -0.39 is 0 Å². The highest BCUT2D eigenvalue weighted by Crippen LogP contribution is 2.13. The Balaban J connectivity index is 1.98. The number of fused-ring (bicyclic) bond motifs is 1. The summed E-state index contributed by atoms with van der Waals surface area (Å²) >= 11 is 0. The summed E-state index contributed by atoms with van der Waals surface area (Å²) in [5.41, 5.74) is 0.292. The molecule has 0 aromatic carbocycles. The number of hydrogen-bond donors (Lipinski definition) is 0. The lowest BCUT2D eigenvalue weighted by Gasteiger charge is -2.35. The molecule has 1 fully saturated rings. The van der Waals surface area contributed by atoms with Gasteiger partial charge in [-0.1, -0.05) is 6.07 Å².